The van der Waals surface area contributed by atoms with E-state index in [4.69, 9.17) is 9.47 Å². The van der Waals surface area contributed by atoms with Gasteiger partial charge in [0.2, 0.25) is 16.8 Å². The van der Waals surface area contributed by atoms with Gasteiger partial charge >= 0.3 is 0 Å². The van der Waals surface area contributed by atoms with Gasteiger partial charge in [-0.3, -0.25) is 10.1 Å². The molecular weight excluding hydrogens is 450 g/mol. The Morgan fingerprint density at radius 2 is 1.75 bits per heavy atom. The Morgan fingerprint density at radius 1 is 1.09 bits per heavy atom. The lowest BCUT2D eigenvalue weighted by molar-refractivity contribution is 0.102. The van der Waals surface area contributed by atoms with Crippen LogP contribution in [0.25, 0.3) is 10.2 Å². The van der Waals surface area contributed by atoms with Crippen molar-refractivity contribution in [1.82, 2.24) is 9.29 Å². The summed E-state index contributed by atoms with van der Waals surface area (Å²) in [6, 6.07) is 9.67. The van der Waals surface area contributed by atoms with Crippen LogP contribution in [0.3, 0.4) is 0 Å². The minimum atomic E-state index is -3.58. The third-order valence-corrected chi connectivity index (χ3v) is 8.47. The maximum atomic E-state index is 13.0. The Balaban J connectivity index is 1.31. The first kappa shape index (κ1) is 21.2. The Morgan fingerprint density at radius 3 is 2.44 bits per heavy atom. The minimum Gasteiger partial charge on any atom is -0.454 e. The van der Waals surface area contributed by atoms with Crippen LogP contribution in [0, 0.1) is 11.8 Å². The highest BCUT2D eigenvalue weighted by molar-refractivity contribution is 7.89. The molecule has 2 aromatic carbocycles. The highest BCUT2D eigenvalue weighted by Gasteiger charge is 2.31. The fourth-order valence-electron chi connectivity index (χ4n) is 4.27. The van der Waals surface area contributed by atoms with Crippen molar-refractivity contribution in [3.63, 3.8) is 0 Å². The summed E-state index contributed by atoms with van der Waals surface area (Å²) in [6.07, 6.45) is 1.03. The second-order valence-corrected chi connectivity index (χ2v) is 11.4. The number of rotatable bonds is 4. The van der Waals surface area contributed by atoms with E-state index in [0.717, 1.165) is 11.1 Å². The Labute approximate surface area is 190 Å². The van der Waals surface area contributed by atoms with E-state index in [2.05, 4.69) is 24.1 Å². The van der Waals surface area contributed by atoms with Gasteiger partial charge in [-0.05, 0) is 42.5 Å². The average Bonchev–Trinajstić information content (AvgIpc) is 3.36. The molecule has 1 fully saturated rings. The van der Waals surface area contributed by atoms with Crippen molar-refractivity contribution in [2.45, 2.75) is 25.2 Å². The quantitative estimate of drug-likeness (QED) is 0.616. The van der Waals surface area contributed by atoms with Gasteiger partial charge in [0.1, 0.15) is 0 Å². The van der Waals surface area contributed by atoms with E-state index in [1.807, 2.05) is 6.07 Å². The number of piperidine rings is 1. The molecule has 1 N–H and O–H groups in total. The molecule has 8 nitrogen and oxygen atoms in total. The molecule has 10 heteroatoms. The zero-order chi connectivity index (χ0) is 22.5. The number of sulfonamides is 1. The van der Waals surface area contributed by atoms with Gasteiger partial charge in [0.15, 0.2) is 16.6 Å². The smallest absolute Gasteiger partial charge is 0.257 e. The van der Waals surface area contributed by atoms with Crippen LogP contribution >= 0.6 is 11.3 Å². The molecule has 3 heterocycles. The number of amides is 1. The molecule has 2 atom stereocenters. The van der Waals surface area contributed by atoms with Gasteiger partial charge in [-0.1, -0.05) is 25.2 Å². The highest BCUT2D eigenvalue weighted by atomic mass is 32.2. The SMILES string of the molecule is C[C@@H]1C[C@H](C)CN(S(=O)(=O)c2ccc(C(=O)Nc3nc4cc5c(cc4s3)OCO5)cc2)C1. The van der Waals surface area contributed by atoms with E-state index in [0.29, 0.717) is 52.6 Å². The second-order valence-electron chi connectivity index (χ2n) is 8.44. The molecule has 0 spiro atoms. The molecule has 2 aliphatic rings. The molecule has 1 aromatic heterocycles. The molecule has 168 valence electrons. The summed E-state index contributed by atoms with van der Waals surface area (Å²) < 4.78 is 39.2. The fourth-order valence-corrected chi connectivity index (χ4v) is 6.82. The molecule has 0 radical (unpaired) electrons. The van der Waals surface area contributed by atoms with Crippen molar-refractivity contribution >= 4 is 42.6 Å². The highest BCUT2D eigenvalue weighted by Crippen LogP contribution is 2.39. The lowest BCUT2D eigenvalue weighted by Crippen LogP contribution is -2.42. The standard InChI is InChI=1S/C22H23N3O5S2/c1-13-7-14(2)11-25(10-13)32(27,28)16-5-3-15(4-6-16)21(26)24-22-23-17-8-18-19(30-12-29-18)9-20(17)31-22/h3-6,8-9,13-14H,7,10-12H2,1-2H3,(H,23,24,26)/t13-,14+. The molecule has 32 heavy (non-hydrogen) atoms. The van der Waals surface area contributed by atoms with E-state index in [1.165, 1.54) is 35.6 Å². The number of anilines is 1. The van der Waals surface area contributed by atoms with E-state index >= 15 is 0 Å². The zero-order valence-electron chi connectivity index (χ0n) is 17.7. The number of hydrogen-bond donors (Lipinski definition) is 1. The molecule has 1 amide bonds. The normalized spacial score (nSPS) is 21.1. The molecule has 0 aliphatic carbocycles. The number of thiazole rings is 1. The van der Waals surface area contributed by atoms with Gasteiger partial charge in [-0.15, -0.1) is 0 Å². The summed E-state index contributed by atoms with van der Waals surface area (Å²) in [5.41, 5.74) is 1.07. The van der Waals surface area contributed by atoms with E-state index in [-0.39, 0.29) is 17.6 Å². The van der Waals surface area contributed by atoms with Crippen molar-refractivity contribution in [2.24, 2.45) is 11.8 Å². The number of benzene rings is 2. The summed E-state index contributed by atoms with van der Waals surface area (Å²) in [7, 11) is -3.58. The number of aromatic nitrogens is 1. The second kappa shape index (κ2) is 8.02. The van der Waals surface area contributed by atoms with Crippen LogP contribution < -0.4 is 14.8 Å². The maximum absolute atomic E-state index is 13.0. The lowest BCUT2D eigenvalue weighted by Gasteiger charge is -2.34. The van der Waals surface area contributed by atoms with Crippen LogP contribution in [-0.2, 0) is 10.0 Å². The number of carbonyl (C=O) groups excluding carboxylic acids is 1. The first-order chi connectivity index (χ1) is 15.3. The first-order valence-corrected chi connectivity index (χ1v) is 12.7. The van der Waals surface area contributed by atoms with Gasteiger partial charge in [-0.25, -0.2) is 13.4 Å². The van der Waals surface area contributed by atoms with E-state index in [9.17, 15) is 13.2 Å². The predicted octanol–water partition coefficient (Wildman–Crippen LogP) is 3.94. The number of hydrogen-bond acceptors (Lipinski definition) is 7. The zero-order valence-corrected chi connectivity index (χ0v) is 19.3. The van der Waals surface area contributed by atoms with Gasteiger partial charge in [-0.2, -0.15) is 4.31 Å². The molecule has 5 rings (SSSR count). The van der Waals surface area contributed by atoms with Crippen LogP contribution in [0.4, 0.5) is 5.13 Å². The van der Waals surface area contributed by atoms with Crippen molar-refractivity contribution in [1.29, 1.82) is 0 Å². The Kier molecular flexibility index (Phi) is 5.31. The maximum Gasteiger partial charge on any atom is 0.257 e. The molecule has 0 saturated carbocycles. The van der Waals surface area contributed by atoms with E-state index in [1.54, 1.807) is 10.4 Å². The predicted molar refractivity (Wildman–Crippen MR) is 122 cm³/mol. The first-order valence-electron chi connectivity index (χ1n) is 10.4. The summed E-state index contributed by atoms with van der Waals surface area (Å²) in [5.74, 6) is 1.59. The van der Waals surface area contributed by atoms with Gasteiger partial charge in [0, 0.05) is 30.8 Å². The number of nitrogens with zero attached hydrogens (tertiary/aromatic N) is 2. The van der Waals surface area contributed by atoms with E-state index < -0.39 is 10.0 Å². The van der Waals surface area contributed by atoms with Gasteiger partial charge in [0.05, 0.1) is 15.1 Å². The summed E-state index contributed by atoms with van der Waals surface area (Å²) in [6.45, 7) is 5.37. The van der Waals surface area contributed by atoms with Crippen LogP contribution in [0.2, 0.25) is 0 Å². The molecule has 0 bridgehead atoms. The number of carbonyl (C=O) groups is 1. The van der Waals surface area contributed by atoms with Crippen LogP contribution in [0.5, 0.6) is 11.5 Å². The Bertz CT molecular complexity index is 1240. The summed E-state index contributed by atoms with van der Waals surface area (Å²) >= 11 is 1.33. The fraction of sp³-hybridized carbons (Fsp3) is 0.364. The molecular formula is C22H23N3O5S2. The largest absolute Gasteiger partial charge is 0.454 e. The van der Waals surface area contributed by atoms with Gasteiger partial charge < -0.3 is 9.47 Å². The summed E-state index contributed by atoms with van der Waals surface area (Å²) in [5, 5.41) is 3.23. The van der Waals surface area contributed by atoms with Crippen molar-refractivity contribution in [3.8, 4) is 11.5 Å². The van der Waals surface area contributed by atoms with Crippen LogP contribution in [-0.4, -0.2) is 43.5 Å². The average molecular weight is 474 g/mol. The number of fused-ring (bicyclic) bond motifs is 2. The Hall–Kier alpha value is -2.69. The minimum absolute atomic E-state index is 0.192. The lowest BCUT2D eigenvalue weighted by atomic mass is 9.94. The summed E-state index contributed by atoms with van der Waals surface area (Å²) in [4.78, 5) is 17.3. The van der Waals surface area contributed by atoms with Crippen molar-refractivity contribution < 1.29 is 22.7 Å². The third-order valence-electron chi connectivity index (χ3n) is 5.69. The van der Waals surface area contributed by atoms with Crippen LogP contribution in [0.15, 0.2) is 41.3 Å². The van der Waals surface area contributed by atoms with Crippen LogP contribution in [0.1, 0.15) is 30.6 Å². The molecule has 2 aliphatic heterocycles. The number of ether oxygens (including phenoxy) is 2. The third kappa shape index (κ3) is 3.94. The van der Waals surface area contributed by atoms with Crippen molar-refractivity contribution in [3.05, 3.63) is 42.0 Å². The monoisotopic (exact) mass is 473 g/mol. The number of nitrogens with one attached hydrogen (secondary N) is 1. The molecule has 0 unspecified atom stereocenters. The molecule has 1 saturated heterocycles. The molecule has 3 aromatic rings. The topological polar surface area (TPSA) is 97.8 Å². The van der Waals surface area contributed by atoms with Crippen molar-refractivity contribution in [2.75, 3.05) is 25.2 Å². The van der Waals surface area contributed by atoms with Gasteiger partial charge in [0.25, 0.3) is 5.91 Å².